The van der Waals surface area contributed by atoms with Crippen LogP contribution in [0.2, 0.25) is 0 Å². The molecular formula is C23H27N3O3. The van der Waals surface area contributed by atoms with Gasteiger partial charge in [-0.3, -0.25) is 14.4 Å². The molecule has 6 heteroatoms. The van der Waals surface area contributed by atoms with Crippen molar-refractivity contribution in [3.63, 3.8) is 0 Å². The van der Waals surface area contributed by atoms with E-state index >= 15 is 0 Å². The van der Waals surface area contributed by atoms with E-state index in [-0.39, 0.29) is 43.1 Å². The Balaban J connectivity index is 1.55. The zero-order chi connectivity index (χ0) is 21.0. The van der Waals surface area contributed by atoms with E-state index in [0.717, 1.165) is 5.56 Å². The summed E-state index contributed by atoms with van der Waals surface area (Å²) in [6, 6.07) is 15.2. The Morgan fingerprint density at radius 1 is 1.00 bits per heavy atom. The van der Waals surface area contributed by atoms with Gasteiger partial charge in [0.1, 0.15) is 6.54 Å². The monoisotopic (exact) mass is 393 g/mol. The average Bonchev–Trinajstić information content (AvgIpc) is 2.71. The highest BCUT2D eigenvalue weighted by atomic mass is 16.2. The van der Waals surface area contributed by atoms with Crippen molar-refractivity contribution in [2.45, 2.75) is 45.6 Å². The second-order valence-electron chi connectivity index (χ2n) is 7.66. The number of carbonyl (C=O) groups excluding carboxylic acids is 3. The average molecular weight is 393 g/mol. The lowest BCUT2D eigenvalue weighted by Crippen LogP contribution is -2.42. The van der Waals surface area contributed by atoms with Gasteiger partial charge in [0.15, 0.2) is 0 Å². The lowest BCUT2D eigenvalue weighted by Gasteiger charge is -2.29. The molecule has 1 aliphatic heterocycles. The first kappa shape index (κ1) is 20.6. The van der Waals surface area contributed by atoms with Crippen LogP contribution in [0.15, 0.2) is 48.5 Å². The van der Waals surface area contributed by atoms with E-state index in [9.17, 15) is 14.4 Å². The third-order valence-corrected chi connectivity index (χ3v) is 5.12. The summed E-state index contributed by atoms with van der Waals surface area (Å²) in [7, 11) is 0. The molecule has 29 heavy (non-hydrogen) atoms. The highest BCUT2D eigenvalue weighted by molar-refractivity contribution is 6.10. The number of nitrogens with zero attached hydrogens (tertiary/aromatic N) is 1. The van der Waals surface area contributed by atoms with Gasteiger partial charge in [0.05, 0.1) is 17.4 Å². The van der Waals surface area contributed by atoms with Gasteiger partial charge in [0, 0.05) is 12.8 Å². The third-order valence-electron chi connectivity index (χ3n) is 5.12. The van der Waals surface area contributed by atoms with Gasteiger partial charge >= 0.3 is 0 Å². The normalized spacial score (nSPS) is 14.2. The molecule has 0 bridgehead atoms. The number of amides is 3. The molecule has 0 aromatic heterocycles. The van der Waals surface area contributed by atoms with E-state index in [1.54, 1.807) is 18.2 Å². The van der Waals surface area contributed by atoms with Crippen molar-refractivity contribution in [3.05, 3.63) is 59.7 Å². The lowest BCUT2D eigenvalue weighted by molar-refractivity contribution is -0.126. The molecule has 2 aromatic carbocycles. The smallest absolute Gasteiger partial charge is 0.244 e. The molecular weight excluding hydrogens is 366 g/mol. The summed E-state index contributed by atoms with van der Waals surface area (Å²) in [5, 5.41) is 5.69. The number of anilines is 2. The van der Waals surface area contributed by atoms with Gasteiger partial charge in [-0.15, -0.1) is 0 Å². The maximum atomic E-state index is 12.6. The van der Waals surface area contributed by atoms with E-state index in [2.05, 4.69) is 36.6 Å². The Labute approximate surface area is 171 Å². The van der Waals surface area contributed by atoms with Crippen LogP contribution in [-0.2, 0) is 14.4 Å². The maximum absolute atomic E-state index is 12.6. The summed E-state index contributed by atoms with van der Waals surface area (Å²) in [6.45, 7) is 6.18. The summed E-state index contributed by atoms with van der Waals surface area (Å²) in [5.41, 5.74) is 3.55. The fourth-order valence-electron chi connectivity index (χ4n) is 3.38. The highest BCUT2D eigenvalue weighted by Crippen LogP contribution is 2.29. The number of fused-ring (bicyclic) bond motifs is 1. The minimum Gasteiger partial charge on any atom is -0.350 e. The van der Waals surface area contributed by atoms with E-state index in [0.29, 0.717) is 17.3 Å². The standard InChI is InChI=1S/C23H27N3O3/c1-15(2)17-8-10-18(11-9-17)16(3)24-21(27)12-13-23(29)26-14-22(28)25-19-6-4-5-7-20(19)26/h4-11,15-16H,12-14H2,1-3H3,(H,24,27)(H,25,28)/t16-/m1/s1. The number of nitrogens with one attached hydrogen (secondary N) is 2. The van der Waals surface area contributed by atoms with Crippen molar-refractivity contribution >= 4 is 29.1 Å². The van der Waals surface area contributed by atoms with Crippen molar-refractivity contribution in [2.75, 3.05) is 16.8 Å². The van der Waals surface area contributed by atoms with Gasteiger partial charge in [-0.2, -0.15) is 0 Å². The first-order chi connectivity index (χ1) is 13.8. The second-order valence-corrected chi connectivity index (χ2v) is 7.66. The molecule has 0 aliphatic carbocycles. The minimum atomic E-state index is -0.239. The molecule has 152 valence electrons. The van der Waals surface area contributed by atoms with Crippen LogP contribution in [0.1, 0.15) is 56.7 Å². The number of rotatable bonds is 6. The number of benzene rings is 2. The number of carbonyl (C=O) groups is 3. The molecule has 1 atom stereocenters. The number of hydrogen-bond acceptors (Lipinski definition) is 3. The quantitative estimate of drug-likeness (QED) is 0.784. The SMILES string of the molecule is CC(C)c1ccc([C@@H](C)NC(=O)CCC(=O)N2CC(=O)Nc3ccccc32)cc1. The first-order valence-electron chi connectivity index (χ1n) is 9.93. The van der Waals surface area contributed by atoms with E-state index < -0.39 is 0 Å². The summed E-state index contributed by atoms with van der Waals surface area (Å²) in [6.07, 6.45) is 0.125. The Bertz CT molecular complexity index is 906. The molecule has 0 unspecified atom stereocenters. The Morgan fingerprint density at radius 3 is 2.34 bits per heavy atom. The molecule has 0 saturated heterocycles. The van der Waals surface area contributed by atoms with Gasteiger partial charge in [-0.25, -0.2) is 0 Å². The zero-order valence-corrected chi connectivity index (χ0v) is 17.1. The minimum absolute atomic E-state index is 0.0317. The van der Waals surface area contributed by atoms with E-state index in [1.807, 2.05) is 25.1 Å². The first-order valence-corrected chi connectivity index (χ1v) is 9.93. The fraction of sp³-hybridized carbons (Fsp3) is 0.348. The summed E-state index contributed by atoms with van der Waals surface area (Å²) in [5.74, 6) is -0.202. The van der Waals surface area contributed by atoms with Crippen molar-refractivity contribution in [3.8, 4) is 0 Å². The van der Waals surface area contributed by atoms with Crippen LogP contribution in [-0.4, -0.2) is 24.3 Å². The molecule has 2 N–H and O–H groups in total. The molecule has 6 nitrogen and oxygen atoms in total. The topological polar surface area (TPSA) is 78.5 Å². The van der Waals surface area contributed by atoms with Crippen molar-refractivity contribution < 1.29 is 14.4 Å². The van der Waals surface area contributed by atoms with Crippen LogP contribution in [0.3, 0.4) is 0 Å². The summed E-state index contributed by atoms with van der Waals surface area (Å²) in [4.78, 5) is 38.3. The Morgan fingerprint density at radius 2 is 1.66 bits per heavy atom. The second kappa shape index (κ2) is 8.90. The third kappa shape index (κ3) is 5.02. The fourth-order valence-corrected chi connectivity index (χ4v) is 3.38. The predicted octanol–water partition coefficient (Wildman–Crippen LogP) is 3.75. The molecule has 3 amide bonds. The van der Waals surface area contributed by atoms with Gasteiger partial charge in [-0.05, 0) is 36.1 Å². The van der Waals surface area contributed by atoms with E-state index in [1.165, 1.54) is 10.5 Å². The molecule has 1 aliphatic rings. The molecule has 1 heterocycles. The van der Waals surface area contributed by atoms with Crippen LogP contribution in [0, 0.1) is 0 Å². The highest BCUT2D eigenvalue weighted by Gasteiger charge is 2.26. The van der Waals surface area contributed by atoms with Crippen LogP contribution in [0.5, 0.6) is 0 Å². The van der Waals surface area contributed by atoms with E-state index in [4.69, 9.17) is 0 Å². The largest absolute Gasteiger partial charge is 0.350 e. The number of hydrogen-bond donors (Lipinski definition) is 2. The molecule has 0 spiro atoms. The van der Waals surface area contributed by atoms with Crippen molar-refractivity contribution in [1.29, 1.82) is 0 Å². The maximum Gasteiger partial charge on any atom is 0.244 e. The van der Waals surface area contributed by atoms with Gasteiger partial charge in [-0.1, -0.05) is 50.2 Å². The summed E-state index contributed by atoms with van der Waals surface area (Å²) < 4.78 is 0. The molecule has 0 saturated carbocycles. The van der Waals surface area contributed by atoms with Crippen LogP contribution < -0.4 is 15.5 Å². The van der Waals surface area contributed by atoms with Crippen LogP contribution >= 0.6 is 0 Å². The predicted molar refractivity (Wildman–Crippen MR) is 114 cm³/mol. The van der Waals surface area contributed by atoms with Crippen molar-refractivity contribution in [2.24, 2.45) is 0 Å². The van der Waals surface area contributed by atoms with Gasteiger partial charge in [0.25, 0.3) is 0 Å². The lowest BCUT2D eigenvalue weighted by atomic mass is 9.99. The van der Waals surface area contributed by atoms with Gasteiger partial charge < -0.3 is 15.5 Å². The van der Waals surface area contributed by atoms with Gasteiger partial charge in [0.2, 0.25) is 17.7 Å². The molecule has 0 fully saturated rings. The molecule has 3 rings (SSSR count). The number of para-hydroxylation sites is 2. The summed E-state index contributed by atoms with van der Waals surface area (Å²) >= 11 is 0. The van der Waals surface area contributed by atoms with Crippen LogP contribution in [0.25, 0.3) is 0 Å². The molecule has 0 radical (unpaired) electrons. The zero-order valence-electron chi connectivity index (χ0n) is 17.1. The van der Waals surface area contributed by atoms with Crippen LogP contribution in [0.4, 0.5) is 11.4 Å². The van der Waals surface area contributed by atoms with Crippen molar-refractivity contribution in [1.82, 2.24) is 5.32 Å². The Hall–Kier alpha value is -3.15. The molecule has 2 aromatic rings. The Kier molecular flexibility index (Phi) is 6.32.